The van der Waals surface area contributed by atoms with Gasteiger partial charge in [0.25, 0.3) is 0 Å². The van der Waals surface area contributed by atoms with Gasteiger partial charge in [-0.25, -0.2) is 0 Å². The topological polar surface area (TPSA) is 12.0 Å². The van der Waals surface area contributed by atoms with E-state index in [-0.39, 0.29) is 0 Å². The van der Waals surface area contributed by atoms with Gasteiger partial charge in [-0.2, -0.15) is 0 Å². The van der Waals surface area contributed by atoms with Crippen molar-refractivity contribution >= 4 is 23.2 Å². The monoisotopic (exact) mass is 299 g/mol. The Balaban J connectivity index is 2.07. The molecule has 3 heteroatoms. The maximum atomic E-state index is 6.28. The van der Waals surface area contributed by atoms with E-state index in [1.165, 1.54) is 25.7 Å². The smallest absolute Gasteiger partial charge is 0.0453 e. The predicted molar refractivity (Wildman–Crippen MR) is 84.1 cm³/mol. The summed E-state index contributed by atoms with van der Waals surface area (Å²) in [6, 6.07) is 6.25. The predicted octanol–water partition coefficient (Wildman–Crippen LogP) is 4.95. The van der Waals surface area contributed by atoms with E-state index in [1.807, 2.05) is 18.2 Å². The number of halogens is 2. The Kier molecular flexibility index (Phi) is 5.56. The highest BCUT2D eigenvalue weighted by atomic mass is 35.5. The van der Waals surface area contributed by atoms with Crippen LogP contribution in [0.5, 0.6) is 0 Å². The molecule has 0 radical (unpaired) electrons. The Labute approximate surface area is 126 Å². The molecule has 1 aliphatic carbocycles. The average Bonchev–Trinajstić information content (AvgIpc) is 2.87. The van der Waals surface area contributed by atoms with Crippen molar-refractivity contribution < 1.29 is 0 Å². The minimum absolute atomic E-state index is 0.481. The third-order valence-corrected chi connectivity index (χ3v) is 5.29. The van der Waals surface area contributed by atoms with E-state index in [0.717, 1.165) is 33.9 Å². The van der Waals surface area contributed by atoms with Crippen molar-refractivity contribution in [1.29, 1.82) is 0 Å². The highest BCUT2D eigenvalue weighted by Crippen LogP contribution is 2.37. The Bertz CT molecular complexity index is 399. The van der Waals surface area contributed by atoms with Gasteiger partial charge in [-0.1, -0.05) is 49.0 Å². The zero-order valence-electron chi connectivity index (χ0n) is 11.8. The molecule has 0 bridgehead atoms. The van der Waals surface area contributed by atoms with Crippen LogP contribution in [0, 0.1) is 11.8 Å². The van der Waals surface area contributed by atoms with Crippen LogP contribution in [0.2, 0.25) is 10.0 Å². The van der Waals surface area contributed by atoms with Gasteiger partial charge >= 0.3 is 0 Å². The second-order valence-electron chi connectivity index (χ2n) is 5.65. The summed E-state index contributed by atoms with van der Waals surface area (Å²) < 4.78 is 0. The van der Waals surface area contributed by atoms with Gasteiger partial charge in [0, 0.05) is 16.1 Å². The number of hydrogen-bond donors (Lipinski definition) is 1. The van der Waals surface area contributed by atoms with Crippen molar-refractivity contribution in [3.63, 3.8) is 0 Å². The summed E-state index contributed by atoms with van der Waals surface area (Å²) in [5.41, 5.74) is 1.09. The van der Waals surface area contributed by atoms with E-state index in [1.54, 1.807) is 0 Å². The number of hydrogen-bond acceptors (Lipinski definition) is 1. The number of benzene rings is 1. The van der Waals surface area contributed by atoms with Crippen LogP contribution in [0.4, 0.5) is 0 Å². The lowest BCUT2D eigenvalue weighted by Crippen LogP contribution is -2.34. The normalized spacial score (nSPS) is 24.6. The zero-order chi connectivity index (χ0) is 13.8. The second kappa shape index (κ2) is 6.97. The minimum atomic E-state index is 0.481. The first-order valence-corrected chi connectivity index (χ1v) is 8.01. The third kappa shape index (κ3) is 3.65. The van der Waals surface area contributed by atoms with Crippen LogP contribution in [0.25, 0.3) is 0 Å². The molecule has 0 spiro atoms. The maximum Gasteiger partial charge on any atom is 0.0453 e. The van der Waals surface area contributed by atoms with Crippen LogP contribution in [-0.4, -0.2) is 13.1 Å². The number of likely N-dealkylation sites (N-methyl/N-ethyl adjacent to an activating group) is 1. The van der Waals surface area contributed by atoms with Gasteiger partial charge in [0.15, 0.2) is 0 Å². The van der Waals surface area contributed by atoms with E-state index >= 15 is 0 Å². The molecule has 3 atom stereocenters. The summed E-state index contributed by atoms with van der Waals surface area (Å²) >= 11 is 12.6. The first kappa shape index (κ1) is 15.2. The van der Waals surface area contributed by atoms with Crippen LogP contribution < -0.4 is 5.32 Å². The van der Waals surface area contributed by atoms with Gasteiger partial charge < -0.3 is 5.32 Å². The molecule has 0 heterocycles. The summed E-state index contributed by atoms with van der Waals surface area (Å²) in [5.74, 6) is 1.66. The molecule has 1 fully saturated rings. The SMILES string of the molecule is CCC1CCC(C(Cc2c(Cl)cccc2Cl)NC)C1. The van der Waals surface area contributed by atoms with Crippen molar-refractivity contribution in [1.82, 2.24) is 5.32 Å². The van der Waals surface area contributed by atoms with Crippen molar-refractivity contribution in [2.75, 3.05) is 7.05 Å². The van der Waals surface area contributed by atoms with E-state index in [4.69, 9.17) is 23.2 Å². The summed E-state index contributed by atoms with van der Waals surface area (Å²) in [5, 5.41) is 5.05. The maximum absolute atomic E-state index is 6.28. The summed E-state index contributed by atoms with van der Waals surface area (Å²) in [4.78, 5) is 0. The van der Waals surface area contributed by atoms with E-state index in [9.17, 15) is 0 Å². The molecule has 1 nitrogen and oxygen atoms in total. The lowest BCUT2D eigenvalue weighted by molar-refractivity contribution is 0.362. The van der Waals surface area contributed by atoms with E-state index in [0.29, 0.717) is 6.04 Å². The first-order valence-electron chi connectivity index (χ1n) is 7.25. The highest BCUT2D eigenvalue weighted by Gasteiger charge is 2.29. The van der Waals surface area contributed by atoms with Gasteiger partial charge in [0.1, 0.15) is 0 Å². The molecular weight excluding hydrogens is 277 g/mol. The van der Waals surface area contributed by atoms with Gasteiger partial charge in [0.2, 0.25) is 0 Å². The molecule has 1 aromatic carbocycles. The third-order valence-electron chi connectivity index (χ3n) is 4.58. The second-order valence-corrected chi connectivity index (χ2v) is 6.46. The molecule has 1 aromatic rings. The zero-order valence-corrected chi connectivity index (χ0v) is 13.3. The molecule has 0 amide bonds. The van der Waals surface area contributed by atoms with Crippen LogP contribution >= 0.6 is 23.2 Å². The standard InChI is InChI=1S/C16H23Cl2N/c1-3-11-7-8-12(9-11)16(19-2)10-13-14(17)5-4-6-15(13)18/h4-6,11-12,16,19H,3,7-10H2,1-2H3. The molecule has 1 aliphatic rings. The first-order chi connectivity index (χ1) is 9.15. The lowest BCUT2D eigenvalue weighted by Gasteiger charge is -2.24. The Morgan fingerprint density at radius 3 is 2.47 bits per heavy atom. The fourth-order valence-electron chi connectivity index (χ4n) is 3.30. The average molecular weight is 300 g/mol. The molecule has 3 unspecified atom stereocenters. The molecule has 0 aliphatic heterocycles. The molecule has 19 heavy (non-hydrogen) atoms. The van der Waals surface area contributed by atoms with Crippen molar-refractivity contribution in [3.05, 3.63) is 33.8 Å². The van der Waals surface area contributed by atoms with Gasteiger partial charge in [-0.15, -0.1) is 0 Å². The molecule has 106 valence electrons. The molecular formula is C16H23Cl2N. The van der Waals surface area contributed by atoms with E-state index in [2.05, 4.69) is 19.3 Å². The largest absolute Gasteiger partial charge is 0.316 e. The quantitative estimate of drug-likeness (QED) is 0.811. The summed E-state index contributed by atoms with van der Waals surface area (Å²) in [6.07, 6.45) is 6.27. The molecule has 2 rings (SSSR count). The highest BCUT2D eigenvalue weighted by molar-refractivity contribution is 6.36. The fourth-order valence-corrected chi connectivity index (χ4v) is 3.85. The Morgan fingerprint density at radius 2 is 1.95 bits per heavy atom. The van der Waals surface area contributed by atoms with E-state index < -0.39 is 0 Å². The van der Waals surface area contributed by atoms with Gasteiger partial charge in [0.05, 0.1) is 0 Å². The summed E-state index contributed by atoms with van der Waals surface area (Å²) in [7, 11) is 2.05. The Morgan fingerprint density at radius 1 is 1.26 bits per heavy atom. The minimum Gasteiger partial charge on any atom is -0.316 e. The number of rotatable bonds is 5. The summed E-state index contributed by atoms with van der Waals surface area (Å²) in [6.45, 7) is 2.30. The molecule has 0 aromatic heterocycles. The molecule has 0 saturated heterocycles. The van der Waals surface area contributed by atoms with Gasteiger partial charge in [-0.05, 0) is 55.8 Å². The molecule has 1 saturated carbocycles. The fraction of sp³-hybridized carbons (Fsp3) is 0.625. The Hall–Kier alpha value is -0.240. The lowest BCUT2D eigenvalue weighted by atomic mass is 9.91. The van der Waals surface area contributed by atoms with Crippen molar-refractivity contribution in [3.8, 4) is 0 Å². The van der Waals surface area contributed by atoms with Crippen LogP contribution in [0.15, 0.2) is 18.2 Å². The van der Waals surface area contributed by atoms with Crippen LogP contribution in [0.3, 0.4) is 0 Å². The van der Waals surface area contributed by atoms with Crippen molar-refractivity contribution in [2.24, 2.45) is 11.8 Å². The number of nitrogens with one attached hydrogen (secondary N) is 1. The molecule has 1 N–H and O–H groups in total. The van der Waals surface area contributed by atoms with Crippen LogP contribution in [0.1, 0.15) is 38.2 Å². The van der Waals surface area contributed by atoms with Gasteiger partial charge in [-0.3, -0.25) is 0 Å². The van der Waals surface area contributed by atoms with Crippen LogP contribution in [-0.2, 0) is 6.42 Å². The van der Waals surface area contributed by atoms with Crippen molar-refractivity contribution in [2.45, 2.75) is 45.1 Å².